The minimum absolute atomic E-state index is 0.534. The molecule has 0 aliphatic heterocycles. The summed E-state index contributed by atoms with van der Waals surface area (Å²) in [4.78, 5) is 0. The summed E-state index contributed by atoms with van der Waals surface area (Å²) >= 11 is 3.58. The van der Waals surface area contributed by atoms with Crippen LogP contribution in [0.3, 0.4) is 0 Å². The molecular weight excluding hydrogens is 326 g/mol. The summed E-state index contributed by atoms with van der Waals surface area (Å²) in [6.45, 7) is 7.40. The van der Waals surface area contributed by atoms with Crippen molar-refractivity contribution < 1.29 is 4.74 Å². The summed E-state index contributed by atoms with van der Waals surface area (Å²) in [5, 5.41) is 3.14. The zero-order valence-electron chi connectivity index (χ0n) is 13.0. The van der Waals surface area contributed by atoms with Crippen LogP contribution in [0, 0.1) is 6.92 Å². The molecule has 0 aromatic heterocycles. The highest BCUT2D eigenvalue weighted by atomic mass is 79.9. The number of ether oxygens (including phenoxy) is 1. The minimum Gasteiger partial charge on any atom is -0.456 e. The van der Waals surface area contributed by atoms with Crippen LogP contribution in [0.1, 0.15) is 36.5 Å². The molecule has 0 atom stereocenters. The quantitative estimate of drug-likeness (QED) is 0.782. The van der Waals surface area contributed by atoms with Gasteiger partial charge in [-0.2, -0.15) is 0 Å². The van der Waals surface area contributed by atoms with Crippen molar-refractivity contribution in [2.24, 2.45) is 0 Å². The highest BCUT2D eigenvalue weighted by Gasteiger charge is 2.07. The SMILES string of the molecule is CNCc1ccc(Oc2ccc(C(C)C)c(C)c2)c(Br)c1. The monoisotopic (exact) mass is 347 g/mol. The Balaban J connectivity index is 2.20. The number of nitrogens with one attached hydrogen (secondary N) is 1. The highest BCUT2D eigenvalue weighted by molar-refractivity contribution is 9.10. The molecule has 0 saturated heterocycles. The number of hydrogen-bond acceptors (Lipinski definition) is 2. The molecule has 0 heterocycles. The zero-order chi connectivity index (χ0) is 15.4. The fraction of sp³-hybridized carbons (Fsp3) is 0.333. The number of benzene rings is 2. The molecule has 0 radical (unpaired) electrons. The van der Waals surface area contributed by atoms with Crippen molar-refractivity contribution in [3.05, 3.63) is 57.6 Å². The van der Waals surface area contributed by atoms with Gasteiger partial charge in [-0.1, -0.05) is 26.0 Å². The first kappa shape index (κ1) is 16.1. The van der Waals surface area contributed by atoms with Crippen LogP contribution in [0.25, 0.3) is 0 Å². The Bertz CT molecular complexity index is 623. The van der Waals surface area contributed by atoms with Gasteiger partial charge in [0.05, 0.1) is 4.47 Å². The maximum absolute atomic E-state index is 5.99. The molecule has 0 amide bonds. The van der Waals surface area contributed by atoms with Crippen LogP contribution >= 0.6 is 15.9 Å². The Kier molecular flexibility index (Phi) is 5.43. The molecule has 2 rings (SSSR count). The summed E-state index contributed by atoms with van der Waals surface area (Å²) in [5.74, 6) is 2.25. The van der Waals surface area contributed by atoms with E-state index in [2.05, 4.69) is 66.3 Å². The Morgan fingerprint density at radius 3 is 2.48 bits per heavy atom. The van der Waals surface area contributed by atoms with Crippen LogP contribution in [0.15, 0.2) is 40.9 Å². The van der Waals surface area contributed by atoms with Gasteiger partial charge < -0.3 is 10.1 Å². The Morgan fingerprint density at radius 2 is 1.90 bits per heavy atom. The lowest BCUT2D eigenvalue weighted by Gasteiger charge is -2.13. The molecule has 0 bridgehead atoms. The summed E-state index contributed by atoms with van der Waals surface area (Å²) in [6, 6.07) is 12.5. The standard InChI is InChI=1S/C18H22BrNO/c1-12(2)16-7-6-15(9-13(16)3)21-18-8-5-14(11-20-4)10-17(18)19/h5-10,12,20H,11H2,1-4H3. The van der Waals surface area contributed by atoms with E-state index < -0.39 is 0 Å². The first-order valence-electron chi connectivity index (χ1n) is 7.22. The van der Waals surface area contributed by atoms with E-state index in [1.807, 2.05) is 19.2 Å². The van der Waals surface area contributed by atoms with Gasteiger partial charge in [-0.25, -0.2) is 0 Å². The van der Waals surface area contributed by atoms with Crippen LogP contribution in [0.2, 0.25) is 0 Å². The lowest BCUT2D eigenvalue weighted by atomic mass is 9.98. The van der Waals surface area contributed by atoms with Crippen LogP contribution in [-0.2, 0) is 6.54 Å². The summed E-state index contributed by atoms with van der Waals surface area (Å²) in [5.41, 5.74) is 3.86. The Labute approximate surface area is 135 Å². The van der Waals surface area contributed by atoms with Crippen molar-refractivity contribution in [3.63, 3.8) is 0 Å². The van der Waals surface area contributed by atoms with Crippen molar-refractivity contribution in [1.29, 1.82) is 0 Å². The van der Waals surface area contributed by atoms with Crippen molar-refractivity contribution in [2.75, 3.05) is 7.05 Å². The maximum Gasteiger partial charge on any atom is 0.141 e. The van der Waals surface area contributed by atoms with E-state index in [1.54, 1.807) is 0 Å². The third kappa shape index (κ3) is 4.08. The molecule has 0 aliphatic carbocycles. The summed E-state index contributed by atoms with van der Waals surface area (Å²) in [7, 11) is 1.94. The normalized spacial score (nSPS) is 11.0. The second kappa shape index (κ2) is 7.10. The number of halogens is 1. The predicted molar refractivity (Wildman–Crippen MR) is 92.2 cm³/mol. The van der Waals surface area contributed by atoms with Gasteiger partial charge in [0.1, 0.15) is 11.5 Å². The fourth-order valence-corrected chi connectivity index (χ4v) is 2.93. The van der Waals surface area contributed by atoms with E-state index in [0.29, 0.717) is 5.92 Å². The molecule has 21 heavy (non-hydrogen) atoms. The molecule has 2 aromatic rings. The van der Waals surface area contributed by atoms with Gasteiger partial charge in [-0.15, -0.1) is 0 Å². The highest BCUT2D eigenvalue weighted by Crippen LogP contribution is 2.32. The Hall–Kier alpha value is -1.32. The van der Waals surface area contributed by atoms with E-state index in [1.165, 1.54) is 16.7 Å². The van der Waals surface area contributed by atoms with Gasteiger partial charge in [0.2, 0.25) is 0 Å². The van der Waals surface area contributed by atoms with E-state index in [-0.39, 0.29) is 0 Å². The topological polar surface area (TPSA) is 21.3 Å². The smallest absolute Gasteiger partial charge is 0.141 e. The molecular formula is C18H22BrNO. The number of aryl methyl sites for hydroxylation is 1. The third-order valence-electron chi connectivity index (χ3n) is 3.47. The second-order valence-corrected chi connectivity index (χ2v) is 6.42. The van der Waals surface area contributed by atoms with Gasteiger partial charge >= 0.3 is 0 Å². The molecule has 2 nitrogen and oxygen atoms in total. The number of hydrogen-bond donors (Lipinski definition) is 1. The summed E-state index contributed by atoms with van der Waals surface area (Å²) in [6.07, 6.45) is 0. The van der Waals surface area contributed by atoms with Crippen molar-refractivity contribution in [3.8, 4) is 11.5 Å². The van der Waals surface area contributed by atoms with Gasteiger partial charge in [0.15, 0.2) is 0 Å². The number of rotatable bonds is 5. The van der Waals surface area contributed by atoms with Crippen LogP contribution in [0.4, 0.5) is 0 Å². The second-order valence-electron chi connectivity index (χ2n) is 5.57. The lowest BCUT2D eigenvalue weighted by Crippen LogP contribution is -2.04. The van der Waals surface area contributed by atoms with Crippen molar-refractivity contribution in [2.45, 2.75) is 33.2 Å². The molecule has 0 aliphatic rings. The van der Waals surface area contributed by atoms with Crippen molar-refractivity contribution >= 4 is 15.9 Å². The van der Waals surface area contributed by atoms with Gasteiger partial charge in [0.25, 0.3) is 0 Å². The average Bonchev–Trinajstić information content (AvgIpc) is 2.42. The van der Waals surface area contributed by atoms with Gasteiger partial charge in [-0.3, -0.25) is 0 Å². The maximum atomic E-state index is 5.99. The molecule has 1 N–H and O–H groups in total. The van der Waals surface area contributed by atoms with Crippen LogP contribution in [0.5, 0.6) is 11.5 Å². The van der Waals surface area contributed by atoms with E-state index >= 15 is 0 Å². The molecule has 0 fully saturated rings. The molecule has 3 heteroatoms. The fourth-order valence-electron chi connectivity index (χ4n) is 2.43. The van der Waals surface area contributed by atoms with Crippen LogP contribution in [-0.4, -0.2) is 7.05 Å². The van der Waals surface area contributed by atoms with Gasteiger partial charge in [-0.05, 0) is 76.8 Å². The average molecular weight is 348 g/mol. The zero-order valence-corrected chi connectivity index (χ0v) is 14.6. The molecule has 0 saturated carbocycles. The van der Waals surface area contributed by atoms with E-state index in [4.69, 9.17) is 4.74 Å². The first-order valence-corrected chi connectivity index (χ1v) is 8.02. The van der Waals surface area contributed by atoms with Crippen molar-refractivity contribution in [1.82, 2.24) is 5.32 Å². The Morgan fingerprint density at radius 1 is 1.14 bits per heavy atom. The molecule has 2 aromatic carbocycles. The van der Waals surface area contributed by atoms with Gasteiger partial charge in [0, 0.05) is 6.54 Å². The minimum atomic E-state index is 0.534. The molecule has 0 unspecified atom stereocenters. The molecule has 112 valence electrons. The summed E-state index contributed by atoms with van der Waals surface area (Å²) < 4.78 is 6.96. The lowest BCUT2D eigenvalue weighted by molar-refractivity contribution is 0.478. The first-order chi connectivity index (χ1) is 10.0. The van der Waals surface area contributed by atoms with E-state index in [9.17, 15) is 0 Å². The predicted octanol–water partition coefficient (Wildman–Crippen LogP) is 5.39. The largest absolute Gasteiger partial charge is 0.456 e. The van der Waals surface area contributed by atoms with E-state index in [0.717, 1.165) is 22.5 Å². The third-order valence-corrected chi connectivity index (χ3v) is 4.09. The van der Waals surface area contributed by atoms with Crippen LogP contribution < -0.4 is 10.1 Å². The molecule has 0 spiro atoms.